The minimum Gasteiger partial charge on any atom is -0.488 e. The van der Waals surface area contributed by atoms with Crippen LogP contribution in [0.4, 0.5) is 0 Å². The van der Waals surface area contributed by atoms with Crippen LogP contribution in [0.3, 0.4) is 0 Å². The lowest BCUT2D eigenvalue weighted by Crippen LogP contribution is -2.39. The fourth-order valence-electron chi connectivity index (χ4n) is 3.23. The highest BCUT2D eigenvalue weighted by molar-refractivity contribution is 14.0. The Morgan fingerprint density at radius 2 is 2.17 bits per heavy atom. The molecule has 2 heterocycles. The van der Waals surface area contributed by atoms with Crippen LogP contribution in [0.5, 0.6) is 11.5 Å². The number of aryl methyl sites for hydroxylation is 1. The van der Waals surface area contributed by atoms with Crippen LogP contribution in [-0.2, 0) is 13.0 Å². The molecule has 0 saturated heterocycles. The highest BCUT2D eigenvalue weighted by atomic mass is 127. The van der Waals surface area contributed by atoms with Gasteiger partial charge >= 0.3 is 0 Å². The Labute approximate surface area is 190 Å². The largest absolute Gasteiger partial charge is 0.488 e. The number of hydrogen-bond donors (Lipinski definition) is 2. The van der Waals surface area contributed by atoms with E-state index in [0.29, 0.717) is 13.2 Å². The van der Waals surface area contributed by atoms with Crippen LogP contribution in [-0.4, -0.2) is 47.6 Å². The zero-order valence-electron chi connectivity index (χ0n) is 17.5. The Hall–Kier alpha value is -1.97. The maximum atomic E-state index is 6.05. The van der Waals surface area contributed by atoms with Gasteiger partial charge in [0.2, 0.25) is 0 Å². The van der Waals surface area contributed by atoms with Gasteiger partial charge in [0.15, 0.2) is 17.5 Å². The molecule has 2 aromatic rings. The molecule has 2 N–H and O–H groups in total. The normalized spacial score (nSPS) is 14.5. The Morgan fingerprint density at radius 1 is 1.31 bits per heavy atom. The average Bonchev–Trinajstić information content (AvgIpc) is 3.28. The van der Waals surface area contributed by atoms with E-state index < -0.39 is 0 Å². The van der Waals surface area contributed by atoms with Crippen molar-refractivity contribution in [3.63, 3.8) is 0 Å². The molecule has 1 aliphatic heterocycles. The summed E-state index contributed by atoms with van der Waals surface area (Å²) < 4.78 is 13.9. The lowest BCUT2D eigenvalue weighted by Gasteiger charge is -2.18. The number of para-hydroxylation sites is 1. The summed E-state index contributed by atoms with van der Waals surface area (Å²) in [5, 5.41) is 10.8. The number of nitrogens with zero attached hydrogens (tertiary/aromatic N) is 3. The predicted octanol–water partition coefficient (Wildman–Crippen LogP) is 3.24. The Bertz CT molecular complexity index is 777. The summed E-state index contributed by atoms with van der Waals surface area (Å²) in [4.78, 5) is 4.61. The van der Waals surface area contributed by atoms with Gasteiger partial charge in [-0.1, -0.05) is 12.1 Å². The molecule has 160 valence electrons. The molecule has 0 amide bonds. The van der Waals surface area contributed by atoms with Gasteiger partial charge in [-0.05, 0) is 39.3 Å². The number of nitrogens with one attached hydrogen (secondary N) is 2. The van der Waals surface area contributed by atoms with Crippen LogP contribution in [0.1, 0.15) is 32.8 Å². The van der Waals surface area contributed by atoms with Crippen LogP contribution < -0.4 is 20.1 Å². The number of rotatable bonds is 9. The minimum atomic E-state index is -0.166. The van der Waals surface area contributed by atoms with Crippen molar-refractivity contribution >= 4 is 29.9 Å². The topological polar surface area (TPSA) is 72.7 Å². The molecular formula is C21H32IN5O2. The van der Waals surface area contributed by atoms with E-state index in [1.807, 2.05) is 29.1 Å². The number of hydrogen-bond acceptors (Lipinski definition) is 4. The van der Waals surface area contributed by atoms with Gasteiger partial charge in [0.25, 0.3) is 0 Å². The second-order valence-corrected chi connectivity index (χ2v) is 7.44. The third-order valence-corrected chi connectivity index (χ3v) is 4.43. The van der Waals surface area contributed by atoms with Gasteiger partial charge < -0.3 is 20.1 Å². The van der Waals surface area contributed by atoms with Crippen molar-refractivity contribution in [3.8, 4) is 11.5 Å². The number of guanidine groups is 1. The molecule has 0 radical (unpaired) electrons. The summed E-state index contributed by atoms with van der Waals surface area (Å²) in [6.07, 6.45) is 5.62. The van der Waals surface area contributed by atoms with Gasteiger partial charge in [0, 0.05) is 44.0 Å². The number of fused-ring (bicyclic) bond motifs is 1. The fraction of sp³-hybridized carbons (Fsp3) is 0.524. The molecular weight excluding hydrogens is 481 g/mol. The standard InChI is InChI=1S/C21H31N5O2.HI/c1-4-22-20(23-10-6-13-26-14-7-11-25-26)24-12-15-27-18-9-5-8-17-16-21(2,3)28-19(17)18;/h5,7-9,11,14H,4,6,10,12-13,15-16H2,1-3H3,(H2,22,23,24);1H. The van der Waals surface area contributed by atoms with E-state index in [9.17, 15) is 0 Å². The average molecular weight is 513 g/mol. The summed E-state index contributed by atoms with van der Waals surface area (Å²) in [7, 11) is 0. The molecule has 0 spiro atoms. The van der Waals surface area contributed by atoms with E-state index >= 15 is 0 Å². The van der Waals surface area contributed by atoms with E-state index in [1.165, 1.54) is 5.56 Å². The summed E-state index contributed by atoms with van der Waals surface area (Å²) in [6.45, 7) is 9.90. The molecule has 0 aliphatic carbocycles. The lowest BCUT2D eigenvalue weighted by atomic mass is 10.0. The van der Waals surface area contributed by atoms with Crippen molar-refractivity contribution in [2.75, 3.05) is 26.2 Å². The molecule has 0 saturated carbocycles. The van der Waals surface area contributed by atoms with Crippen LogP contribution in [0, 0.1) is 0 Å². The molecule has 1 aromatic heterocycles. The summed E-state index contributed by atoms with van der Waals surface area (Å²) in [5.41, 5.74) is 1.05. The lowest BCUT2D eigenvalue weighted by molar-refractivity contribution is 0.132. The van der Waals surface area contributed by atoms with Gasteiger partial charge in [-0.15, -0.1) is 24.0 Å². The first kappa shape index (κ1) is 23.3. The molecule has 1 aliphatic rings. The number of halogens is 1. The smallest absolute Gasteiger partial charge is 0.191 e. The van der Waals surface area contributed by atoms with Gasteiger partial charge in [0.1, 0.15) is 12.2 Å². The first-order chi connectivity index (χ1) is 13.6. The second kappa shape index (κ2) is 11.3. The number of benzene rings is 1. The molecule has 0 atom stereocenters. The van der Waals surface area contributed by atoms with E-state index in [4.69, 9.17) is 9.47 Å². The number of aliphatic imine (C=N–C) groups is 1. The van der Waals surface area contributed by atoms with E-state index in [-0.39, 0.29) is 29.6 Å². The van der Waals surface area contributed by atoms with Crippen molar-refractivity contribution in [1.82, 2.24) is 20.4 Å². The van der Waals surface area contributed by atoms with Crippen molar-refractivity contribution in [2.45, 2.75) is 45.8 Å². The maximum absolute atomic E-state index is 6.05. The highest BCUT2D eigenvalue weighted by Crippen LogP contribution is 2.41. The summed E-state index contributed by atoms with van der Waals surface area (Å²) in [6, 6.07) is 8.03. The van der Waals surface area contributed by atoms with E-state index in [1.54, 1.807) is 6.20 Å². The Kier molecular flexibility index (Phi) is 9.06. The third kappa shape index (κ3) is 7.09. The minimum absolute atomic E-state index is 0. The fourth-order valence-corrected chi connectivity index (χ4v) is 3.23. The number of aromatic nitrogens is 2. The molecule has 8 heteroatoms. The van der Waals surface area contributed by atoms with E-state index in [0.717, 1.165) is 49.9 Å². The molecule has 3 rings (SSSR count). The van der Waals surface area contributed by atoms with Gasteiger partial charge in [-0.2, -0.15) is 5.10 Å². The highest BCUT2D eigenvalue weighted by Gasteiger charge is 2.32. The molecule has 0 bridgehead atoms. The van der Waals surface area contributed by atoms with Crippen molar-refractivity contribution in [1.29, 1.82) is 0 Å². The Balaban J connectivity index is 0.00000300. The molecule has 0 fully saturated rings. The van der Waals surface area contributed by atoms with Crippen molar-refractivity contribution < 1.29 is 9.47 Å². The summed E-state index contributed by atoms with van der Waals surface area (Å²) >= 11 is 0. The van der Waals surface area contributed by atoms with Crippen LogP contribution in [0.15, 0.2) is 41.7 Å². The Morgan fingerprint density at radius 3 is 2.93 bits per heavy atom. The third-order valence-electron chi connectivity index (χ3n) is 4.43. The first-order valence-electron chi connectivity index (χ1n) is 10.0. The SMILES string of the molecule is CCNC(=NCCCn1cccn1)NCCOc1cccc2c1OC(C)(C)C2.I. The van der Waals surface area contributed by atoms with Crippen LogP contribution >= 0.6 is 24.0 Å². The van der Waals surface area contributed by atoms with Crippen molar-refractivity contribution in [3.05, 3.63) is 42.2 Å². The zero-order chi connectivity index (χ0) is 19.8. The molecule has 1 aromatic carbocycles. The van der Waals surface area contributed by atoms with Crippen molar-refractivity contribution in [2.24, 2.45) is 4.99 Å². The maximum Gasteiger partial charge on any atom is 0.191 e. The number of ether oxygens (including phenoxy) is 2. The molecule has 0 unspecified atom stereocenters. The summed E-state index contributed by atoms with van der Waals surface area (Å²) in [5.74, 6) is 2.50. The molecule has 29 heavy (non-hydrogen) atoms. The molecule has 7 nitrogen and oxygen atoms in total. The zero-order valence-corrected chi connectivity index (χ0v) is 19.8. The van der Waals surface area contributed by atoms with Crippen LogP contribution in [0.25, 0.3) is 0 Å². The van der Waals surface area contributed by atoms with Gasteiger partial charge in [-0.25, -0.2) is 0 Å². The van der Waals surface area contributed by atoms with E-state index in [2.05, 4.69) is 47.6 Å². The van der Waals surface area contributed by atoms with Gasteiger partial charge in [-0.3, -0.25) is 9.67 Å². The second-order valence-electron chi connectivity index (χ2n) is 7.44. The predicted molar refractivity (Wildman–Crippen MR) is 127 cm³/mol. The van der Waals surface area contributed by atoms with Crippen LogP contribution in [0.2, 0.25) is 0 Å². The first-order valence-corrected chi connectivity index (χ1v) is 10.0. The quantitative estimate of drug-likeness (QED) is 0.233. The monoisotopic (exact) mass is 513 g/mol. The van der Waals surface area contributed by atoms with Gasteiger partial charge in [0.05, 0.1) is 6.54 Å².